The first kappa shape index (κ1) is 23.1. The highest BCUT2D eigenvalue weighted by Crippen LogP contribution is 2.39. The first-order valence-electron chi connectivity index (χ1n) is 12.5. The van der Waals surface area contributed by atoms with Crippen molar-refractivity contribution in [2.24, 2.45) is 0 Å². The lowest BCUT2D eigenvalue weighted by Gasteiger charge is -2.31. The number of carbonyl (C=O) groups excluding carboxylic acids is 1. The Kier molecular flexibility index (Phi) is 4.68. The second kappa shape index (κ2) is 7.71. The highest BCUT2D eigenvalue weighted by molar-refractivity contribution is 5.89. The number of aliphatic hydroxyl groups is 1. The lowest BCUT2D eigenvalue weighted by Crippen LogP contribution is -2.44. The second-order valence-electron chi connectivity index (χ2n) is 10.2. The van der Waals surface area contributed by atoms with Gasteiger partial charge in [0.25, 0.3) is 5.56 Å². The van der Waals surface area contributed by atoms with Gasteiger partial charge < -0.3 is 19.0 Å². The molecule has 0 fully saturated rings. The quantitative estimate of drug-likeness (QED) is 0.354. The summed E-state index contributed by atoms with van der Waals surface area (Å²) in [7, 11) is 2.02. The second-order valence-corrected chi connectivity index (χ2v) is 10.2. The van der Waals surface area contributed by atoms with E-state index in [1.165, 1.54) is 16.7 Å². The Labute approximate surface area is 215 Å². The molecule has 11 heteroatoms. The Morgan fingerprint density at radius 1 is 1.13 bits per heavy atom. The van der Waals surface area contributed by atoms with E-state index in [0.717, 1.165) is 17.9 Å². The minimum Gasteiger partial charge on any atom is -0.458 e. The van der Waals surface area contributed by atoms with Gasteiger partial charge in [0.1, 0.15) is 12.4 Å². The number of likely N-dealkylation sites (N-methyl/N-ethyl adjacent to an activating group) is 1. The molecule has 3 aliphatic rings. The molecule has 0 saturated heterocycles. The predicted molar refractivity (Wildman–Crippen MR) is 134 cm³/mol. The van der Waals surface area contributed by atoms with Gasteiger partial charge in [-0.05, 0) is 37.7 Å². The number of rotatable bonds is 2. The number of fused-ring (bicyclic) bond motifs is 6. The molecule has 0 amide bonds. The molecule has 0 bridgehead atoms. The molecule has 194 valence electrons. The average Bonchev–Trinajstić information content (AvgIpc) is 3.49. The van der Waals surface area contributed by atoms with Crippen LogP contribution in [0.1, 0.15) is 35.9 Å². The lowest BCUT2D eigenvalue weighted by molar-refractivity contribution is -0.172. The number of nitrogens with zero attached hydrogens (tertiary/aromatic N) is 5. The molecule has 7 rings (SSSR count). The fourth-order valence-corrected chi connectivity index (χ4v) is 6.05. The number of benzene rings is 1. The number of halogens is 1. The summed E-state index contributed by atoms with van der Waals surface area (Å²) >= 11 is 0. The maximum atomic E-state index is 14.4. The van der Waals surface area contributed by atoms with Crippen molar-refractivity contribution in [3.8, 4) is 16.9 Å². The van der Waals surface area contributed by atoms with E-state index in [1.54, 1.807) is 25.3 Å². The third-order valence-corrected chi connectivity index (χ3v) is 8.12. The number of esters is 1. The van der Waals surface area contributed by atoms with Gasteiger partial charge in [0.05, 0.1) is 58.7 Å². The molecule has 10 nitrogen and oxygen atoms in total. The summed E-state index contributed by atoms with van der Waals surface area (Å²) < 4.78 is 24.9. The van der Waals surface area contributed by atoms with Gasteiger partial charge in [-0.1, -0.05) is 6.92 Å². The molecule has 3 aromatic heterocycles. The molecule has 1 unspecified atom stereocenters. The summed E-state index contributed by atoms with van der Waals surface area (Å²) in [6.07, 6.45) is 1.74. The lowest BCUT2D eigenvalue weighted by atomic mass is 9.85. The van der Waals surface area contributed by atoms with Crippen molar-refractivity contribution in [1.82, 2.24) is 23.8 Å². The molecule has 0 radical (unpaired) electrons. The van der Waals surface area contributed by atoms with Crippen molar-refractivity contribution in [2.75, 3.05) is 13.6 Å². The number of carbonyl (C=O) groups is 1. The molecule has 1 atom stereocenters. The van der Waals surface area contributed by atoms with Crippen LogP contribution in [-0.4, -0.2) is 48.5 Å². The van der Waals surface area contributed by atoms with Gasteiger partial charge in [0.2, 0.25) is 0 Å². The van der Waals surface area contributed by atoms with Crippen molar-refractivity contribution < 1.29 is 19.0 Å². The Bertz CT molecular complexity index is 1840. The third kappa shape index (κ3) is 2.88. The minimum atomic E-state index is -2.00. The average molecular weight is 518 g/mol. The van der Waals surface area contributed by atoms with Crippen LogP contribution in [0.3, 0.4) is 0 Å². The zero-order chi connectivity index (χ0) is 26.5. The topological polar surface area (TPSA) is 112 Å². The van der Waals surface area contributed by atoms with E-state index >= 15 is 0 Å². The third-order valence-electron chi connectivity index (χ3n) is 8.12. The van der Waals surface area contributed by atoms with Crippen LogP contribution in [0.15, 0.2) is 40.1 Å². The van der Waals surface area contributed by atoms with E-state index in [-0.39, 0.29) is 47.3 Å². The summed E-state index contributed by atoms with van der Waals surface area (Å²) in [5.41, 5.74) is 0.758. The molecule has 3 aliphatic heterocycles. The Morgan fingerprint density at radius 2 is 1.95 bits per heavy atom. The molecular weight excluding hydrogens is 493 g/mol. The molecular formula is C27H24FN5O5. The van der Waals surface area contributed by atoms with Gasteiger partial charge in [0.15, 0.2) is 11.0 Å². The molecule has 4 aromatic rings. The van der Waals surface area contributed by atoms with Crippen LogP contribution in [0, 0.1) is 5.82 Å². The summed E-state index contributed by atoms with van der Waals surface area (Å²) in [6, 6.07) is 5.63. The summed E-state index contributed by atoms with van der Waals surface area (Å²) in [4.78, 5) is 42.3. The Hall–Kier alpha value is -4.09. The van der Waals surface area contributed by atoms with Crippen LogP contribution in [0.25, 0.3) is 27.8 Å². The summed E-state index contributed by atoms with van der Waals surface area (Å²) in [6.45, 7) is 3.62. The number of hydrogen-bond donors (Lipinski definition) is 1. The molecule has 6 heterocycles. The zero-order valence-electron chi connectivity index (χ0n) is 20.8. The fourth-order valence-electron chi connectivity index (χ4n) is 6.05. The summed E-state index contributed by atoms with van der Waals surface area (Å²) in [5.74, 6) is -1.38. The molecule has 1 N–H and O–H groups in total. The number of hydrogen-bond acceptors (Lipinski definition) is 7. The summed E-state index contributed by atoms with van der Waals surface area (Å²) in [5, 5.41) is 15.9. The van der Waals surface area contributed by atoms with E-state index in [9.17, 15) is 23.9 Å². The zero-order valence-corrected chi connectivity index (χ0v) is 20.8. The van der Waals surface area contributed by atoms with Gasteiger partial charge in [-0.25, -0.2) is 9.18 Å². The monoisotopic (exact) mass is 517 g/mol. The molecule has 1 aromatic carbocycles. The maximum Gasteiger partial charge on any atom is 0.343 e. The van der Waals surface area contributed by atoms with E-state index < -0.39 is 28.4 Å². The minimum absolute atomic E-state index is 0.00217. The predicted octanol–water partition coefficient (Wildman–Crippen LogP) is 1.62. The molecule has 38 heavy (non-hydrogen) atoms. The van der Waals surface area contributed by atoms with Crippen LogP contribution in [-0.2, 0) is 41.4 Å². The first-order valence-corrected chi connectivity index (χ1v) is 12.5. The Morgan fingerprint density at radius 3 is 2.74 bits per heavy atom. The van der Waals surface area contributed by atoms with Gasteiger partial charge in [0, 0.05) is 24.0 Å². The van der Waals surface area contributed by atoms with Crippen molar-refractivity contribution >= 4 is 16.9 Å². The highest BCUT2D eigenvalue weighted by atomic mass is 19.1. The fraction of sp³-hybridized carbons (Fsp3) is 0.333. The van der Waals surface area contributed by atoms with Crippen LogP contribution in [0.4, 0.5) is 4.39 Å². The van der Waals surface area contributed by atoms with Crippen LogP contribution >= 0.6 is 0 Å². The van der Waals surface area contributed by atoms with Gasteiger partial charge in [-0.2, -0.15) is 5.10 Å². The van der Waals surface area contributed by atoms with E-state index in [0.29, 0.717) is 24.3 Å². The normalized spacial score (nSPS) is 20.2. The van der Waals surface area contributed by atoms with Crippen molar-refractivity contribution in [3.05, 3.63) is 79.4 Å². The van der Waals surface area contributed by atoms with E-state index in [1.807, 2.05) is 16.3 Å². The van der Waals surface area contributed by atoms with E-state index in [2.05, 4.69) is 10.00 Å². The molecule has 0 saturated carbocycles. The first-order chi connectivity index (χ1) is 18.2. The number of aromatic nitrogens is 4. The van der Waals surface area contributed by atoms with Crippen molar-refractivity contribution in [3.63, 3.8) is 0 Å². The van der Waals surface area contributed by atoms with Crippen molar-refractivity contribution in [1.29, 1.82) is 0 Å². The van der Waals surface area contributed by atoms with Crippen LogP contribution in [0.5, 0.6) is 0 Å². The number of cyclic esters (lactones) is 1. The van der Waals surface area contributed by atoms with Crippen molar-refractivity contribution in [2.45, 2.75) is 45.2 Å². The Balaban J connectivity index is 1.58. The largest absolute Gasteiger partial charge is 0.458 e. The van der Waals surface area contributed by atoms with Crippen LogP contribution in [0.2, 0.25) is 0 Å². The van der Waals surface area contributed by atoms with E-state index in [4.69, 9.17) is 4.74 Å². The maximum absolute atomic E-state index is 14.4. The van der Waals surface area contributed by atoms with Gasteiger partial charge >= 0.3 is 5.97 Å². The van der Waals surface area contributed by atoms with Gasteiger partial charge in [-0.15, -0.1) is 0 Å². The van der Waals surface area contributed by atoms with Crippen LogP contribution < -0.4 is 11.0 Å². The number of ether oxygens (including phenoxy) is 1. The number of pyridine rings is 2. The SMILES string of the molecule is CCC1(O)C(=O)OCc2c1cc1n(c2=O)Cc2c-1c(=O)c1cc(F)ccc1n2-c1cnn2c1CN(C)CC2. The smallest absolute Gasteiger partial charge is 0.343 e. The molecule has 0 aliphatic carbocycles. The molecule has 0 spiro atoms. The highest BCUT2D eigenvalue weighted by Gasteiger charge is 2.45. The standard InChI is InChI=1S/C27H24FN5O5/c1-3-27(37)17-9-19-23-22(12-31(19)25(35)16(17)13-38-26(27)36)33(18-5-4-14(28)8-15(18)24(23)34)20-10-29-32-7-6-30(2)11-21(20)32/h4-5,8-10,37H,3,6-7,11-13H2,1-2H3. The van der Waals surface area contributed by atoms with Gasteiger partial charge in [-0.3, -0.25) is 19.2 Å².